The van der Waals surface area contributed by atoms with Crippen LogP contribution < -0.4 is 5.32 Å². The lowest BCUT2D eigenvalue weighted by molar-refractivity contribution is -0.139. The van der Waals surface area contributed by atoms with Gasteiger partial charge in [-0.25, -0.2) is 4.98 Å². The van der Waals surface area contributed by atoms with Crippen LogP contribution in [0.25, 0.3) is 6.08 Å². The zero-order valence-corrected chi connectivity index (χ0v) is 19.5. The molecule has 0 fully saturated rings. The van der Waals surface area contributed by atoms with Crippen LogP contribution in [0.2, 0.25) is 15.2 Å². The first-order valence-electron chi connectivity index (χ1n) is 9.74. The Morgan fingerprint density at radius 1 is 1.06 bits per heavy atom. The molecule has 0 aliphatic heterocycles. The molecule has 1 amide bonds. The van der Waals surface area contributed by atoms with Gasteiger partial charge in [0.2, 0.25) is 0 Å². The highest BCUT2D eigenvalue weighted by Gasteiger charge is 2.39. The standard InChI is InChI=1S/C24H18Cl3F3N2O/c1-14-10-15(2-6-18(14)23(33)32-13-16-4-9-22(27)31-12-16)3-7-19(24(28,29)30)17-5-8-20(25)21(26)11-17/h2-12,19H,13H2,1H3,(H,32,33)/b7-3+. The zero-order chi connectivity index (χ0) is 24.2. The van der Waals surface area contributed by atoms with Gasteiger partial charge in [0.25, 0.3) is 5.91 Å². The van der Waals surface area contributed by atoms with Gasteiger partial charge in [0, 0.05) is 18.3 Å². The highest BCUT2D eigenvalue weighted by Crippen LogP contribution is 2.38. The first-order chi connectivity index (χ1) is 15.5. The highest BCUT2D eigenvalue weighted by molar-refractivity contribution is 6.42. The predicted molar refractivity (Wildman–Crippen MR) is 126 cm³/mol. The normalized spacial score (nSPS) is 12.7. The molecule has 3 rings (SSSR count). The Kier molecular flexibility index (Phi) is 8.05. The lowest BCUT2D eigenvalue weighted by atomic mass is 9.96. The lowest BCUT2D eigenvalue weighted by Gasteiger charge is -2.18. The fraction of sp³-hybridized carbons (Fsp3) is 0.167. The lowest BCUT2D eigenvalue weighted by Crippen LogP contribution is -2.23. The number of allylic oxidation sites excluding steroid dienone is 1. The molecule has 3 aromatic rings. The van der Waals surface area contributed by atoms with Crippen molar-refractivity contribution in [2.45, 2.75) is 25.6 Å². The number of alkyl halides is 3. The Labute approximate surface area is 204 Å². The molecule has 0 aliphatic rings. The van der Waals surface area contributed by atoms with E-state index in [0.29, 0.717) is 21.8 Å². The van der Waals surface area contributed by atoms with E-state index >= 15 is 0 Å². The molecule has 0 bridgehead atoms. The van der Waals surface area contributed by atoms with Gasteiger partial charge in [-0.3, -0.25) is 4.79 Å². The van der Waals surface area contributed by atoms with Gasteiger partial charge in [-0.15, -0.1) is 0 Å². The molecular formula is C24H18Cl3F3N2O. The second-order valence-electron chi connectivity index (χ2n) is 7.30. The van der Waals surface area contributed by atoms with Crippen molar-refractivity contribution in [3.63, 3.8) is 0 Å². The second kappa shape index (κ2) is 10.6. The zero-order valence-electron chi connectivity index (χ0n) is 17.3. The minimum absolute atomic E-state index is 0.0161. The van der Waals surface area contributed by atoms with E-state index in [1.807, 2.05) is 0 Å². The highest BCUT2D eigenvalue weighted by atomic mass is 35.5. The summed E-state index contributed by atoms with van der Waals surface area (Å²) in [6, 6.07) is 12.0. The van der Waals surface area contributed by atoms with Crippen LogP contribution in [0.4, 0.5) is 13.2 Å². The SMILES string of the molecule is Cc1cc(/C=C/C(c2ccc(Cl)c(Cl)c2)C(F)(F)F)ccc1C(=O)NCc1ccc(Cl)nc1. The third-order valence-electron chi connectivity index (χ3n) is 4.87. The fourth-order valence-electron chi connectivity index (χ4n) is 3.16. The molecule has 1 atom stereocenters. The summed E-state index contributed by atoms with van der Waals surface area (Å²) in [5.74, 6) is -2.16. The number of hydrogen-bond acceptors (Lipinski definition) is 2. The van der Waals surface area contributed by atoms with Crippen molar-refractivity contribution in [2.75, 3.05) is 0 Å². The number of halogens is 6. The summed E-state index contributed by atoms with van der Waals surface area (Å²) in [6.45, 7) is 1.98. The molecule has 33 heavy (non-hydrogen) atoms. The van der Waals surface area contributed by atoms with Gasteiger partial charge in [0.05, 0.1) is 16.0 Å². The summed E-state index contributed by atoms with van der Waals surface area (Å²) in [4.78, 5) is 16.5. The summed E-state index contributed by atoms with van der Waals surface area (Å²) < 4.78 is 40.9. The maximum Gasteiger partial charge on any atom is 0.399 e. The Morgan fingerprint density at radius 3 is 2.42 bits per heavy atom. The smallest absolute Gasteiger partial charge is 0.348 e. The quantitative estimate of drug-likeness (QED) is 0.344. The van der Waals surface area contributed by atoms with Crippen molar-refractivity contribution >= 4 is 46.8 Å². The molecule has 1 aromatic heterocycles. The van der Waals surface area contributed by atoms with E-state index in [1.54, 1.807) is 43.5 Å². The Bertz CT molecular complexity index is 1180. The van der Waals surface area contributed by atoms with E-state index < -0.39 is 12.1 Å². The molecular weight excluding hydrogens is 496 g/mol. The number of nitrogens with zero attached hydrogens (tertiary/aromatic N) is 1. The summed E-state index contributed by atoms with van der Waals surface area (Å²) in [7, 11) is 0. The fourth-order valence-corrected chi connectivity index (χ4v) is 3.57. The van der Waals surface area contributed by atoms with Crippen LogP contribution >= 0.6 is 34.8 Å². The number of benzene rings is 2. The van der Waals surface area contributed by atoms with Crippen LogP contribution in [0.3, 0.4) is 0 Å². The Morgan fingerprint density at radius 2 is 1.82 bits per heavy atom. The van der Waals surface area contributed by atoms with E-state index in [-0.39, 0.29) is 28.1 Å². The van der Waals surface area contributed by atoms with Crippen LogP contribution in [0, 0.1) is 6.92 Å². The molecule has 3 nitrogen and oxygen atoms in total. The van der Waals surface area contributed by atoms with E-state index in [2.05, 4.69) is 10.3 Å². The third-order valence-corrected chi connectivity index (χ3v) is 5.84. The van der Waals surface area contributed by atoms with E-state index in [1.165, 1.54) is 24.3 Å². The number of nitrogens with one attached hydrogen (secondary N) is 1. The molecule has 0 saturated heterocycles. The van der Waals surface area contributed by atoms with Gasteiger partial charge < -0.3 is 5.32 Å². The van der Waals surface area contributed by atoms with Gasteiger partial charge in [-0.1, -0.05) is 71.2 Å². The van der Waals surface area contributed by atoms with Crippen LogP contribution in [-0.4, -0.2) is 17.1 Å². The summed E-state index contributed by atoms with van der Waals surface area (Å²) in [5.41, 5.74) is 2.34. The Balaban J connectivity index is 1.75. The summed E-state index contributed by atoms with van der Waals surface area (Å²) in [5, 5.41) is 3.38. The summed E-state index contributed by atoms with van der Waals surface area (Å²) >= 11 is 17.5. The molecule has 0 aliphatic carbocycles. The average molecular weight is 514 g/mol. The van der Waals surface area contributed by atoms with Gasteiger partial charge in [0.15, 0.2) is 0 Å². The minimum atomic E-state index is -4.51. The molecule has 9 heteroatoms. The third kappa shape index (κ3) is 6.73. The minimum Gasteiger partial charge on any atom is -0.348 e. The van der Waals surface area contributed by atoms with Gasteiger partial charge in [0.1, 0.15) is 5.15 Å². The van der Waals surface area contributed by atoms with Crippen LogP contribution in [0.15, 0.2) is 60.8 Å². The van der Waals surface area contributed by atoms with E-state index in [4.69, 9.17) is 34.8 Å². The molecule has 0 saturated carbocycles. The Hall–Kier alpha value is -2.54. The monoisotopic (exact) mass is 512 g/mol. The van der Waals surface area contributed by atoms with Crippen LogP contribution in [0.5, 0.6) is 0 Å². The molecule has 1 unspecified atom stereocenters. The number of carbonyl (C=O) groups excluding carboxylic acids is 1. The number of aryl methyl sites for hydroxylation is 1. The molecule has 0 spiro atoms. The number of hydrogen-bond donors (Lipinski definition) is 1. The number of rotatable bonds is 6. The van der Waals surface area contributed by atoms with Crippen molar-refractivity contribution in [3.05, 3.63) is 104 Å². The number of amides is 1. The largest absolute Gasteiger partial charge is 0.399 e. The van der Waals surface area contributed by atoms with Crippen molar-refractivity contribution in [2.24, 2.45) is 0 Å². The topological polar surface area (TPSA) is 42.0 Å². The van der Waals surface area contributed by atoms with Gasteiger partial charge >= 0.3 is 6.18 Å². The van der Waals surface area contributed by atoms with Gasteiger partial charge in [-0.05, 0) is 53.4 Å². The van der Waals surface area contributed by atoms with Gasteiger partial charge in [-0.2, -0.15) is 13.2 Å². The maximum atomic E-state index is 13.6. The summed E-state index contributed by atoms with van der Waals surface area (Å²) in [6.07, 6.45) is -0.524. The van der Waals surface area contributed by atoms with E-state index in [0.717, 1.165) is 11.6 Å². The molecule has 1 heterocycles. The van der Waals surface area contributed by atoms with Crippen molar-refractivity contribution < 1.29 is 18.0 Å². The average Bonchev–Trinajstić information content (AvgIpc) is 2.75. The van der Waals surface area contributed by atoms with Crippen molar-refractivity contribution in [3.8, 4) is 0 Å². The molecule has 0 radical (unpaired) electrons. The first-order valence-corrected chi connectivity index (χ1v) is 10.9. The number of carbonyl (C=O) groups is 1. The molecule has 2 aromatic carbocycles. The molecule has 1 N–H and O–H groups in total. The van der Waals surface area contributed by atoms with Crippen LogP contribution in [0.1, 0.15) is 38.5 Å². The molecule has 172 valence electrons. The number of pyridine rings is 1. The predicted octanol–water partition coefficient (Wildman–Crippen LogP) is 7.64. The van der Waals surface area contributed by atoms with Crippen LogP contribution in [-0.2, 0) is 6.54 Å². The van der Waals surface area contributed by atoms with E-state index in [9.17, 15) is 18.0 Å². The van der Waals surface area contributed by atoms with Crippen molar-refractivity contribution in [1.82, 2.24) is 10.3 Å². The van der Waals surface area contributed by atoms with Crippen molar-refractivity contribution in [1.29, 1.82) is 0 Å². The first kappa shape index (κ1) is 25.1. The number of aromatic nitrogens is 1. The second-order valence-corrected chi connectivity index (χ2v) is 8.50. The maximum absolute atomic E-state index is 13.6.